The molecule has 0 fully saturated rings. The Morgan fingerprint density at radius 1 is 1.22 bits per heavy atom. The number of aromatic nitrogens is 2. The van der Waals surface area contributed by atoms with Crippen LogP contribution in [-0.4, -0.2) is 15.1 Å². The largest absolute Gasteiger partial charge is 0.388 e. The lowest BCUT2D eigenvalue weighted by atomic mass is 10.1. The van der Waals surface area contributed by atoms with Gasteiger partial charge in [-0.2, -0.15) is 0 Å². The second-order valence-corrected chi connectivity index (χ2v) is 4.31. The number of benzene rings is 1. The summed E-state index contributed by atoms with van der Waals surface area (Å²) in [6.45, 7) is 1.57. The van der Waals surface area contributed by atoms with E-state index >= 15 is 0 Å². The van der Waals surface area contributed by atoms with Gasteiger partial charge in [-0.1, -0.05) is 23.7 Å². The maximum Gasteiger partial charge on any atom is 0.155 e. The summed E-state index contributed by atoms with van der Waals surface area (Å²) in [5, 5.41) is 9.30. The van der Waals surface area contributed by atoms with Gasteiger partial charge in [-0.15, -0.1) is 0 Å². The lowest BCUT2D eigenvalue weighted by Gasteiger charge is -2.08. The van der Waals surface area contributed by atoms with Crippen molar-refractivity contribution in [2.24, 2.45) is 0 Å². The lowest BCUT2D eigenvalue weighted by Crippen LogP contribution is -2.03. The molecule has 0 bridgehead atoms. The molecule has 0 atom stereocenters. The summed E-state index contributed by atoms with van der Waals surface area (Å²) in [5.74, 6) is 0.0359. The third-order valence-corrected chi connectivity index (χ3v) is 2.96. The first kappa shape index (κ1) is 12.9. The van der Waals surface area contributed by atoms with Crippen LogP contribution in [0.4, 0.5) is 4.39 Å². The smallest absolute Gasteiger partial charge is 0.155 e. The first-order valence-electron chi connectivity index (χ1n) is 5.47. The van der Waals surface area contributed by atoms with Crippen molar-refractivity contribution in [2.45, 2.75) is 20.0 Å². The zero-order chi connectivity index (χ0) is 13.1. The van der Waals surface area contributed by atoms with Crippen LogP contribution in [0.15, 0.2) is 24.3 Å². The van der Waals surface area contributed by atoms with Crippen molar-refractivity contribution < 1.29 is 9.50 Å². The molecule has 0 aliphatic heterocycles. The molecule has 0 unspecified atom stereocenters. The number of hydrogen-bond acceptors (Lipinski definition) is 3. The van der Waals surface area contributed by atoms with E-state index in [2.05, 4.69) is 9.97 Å². The molecule has 1 heterocycles. The van der Waals surface area contributed by atoms with Gasteiger partial charge in [-0.25, -0.2) is 14.4 Å². The predicted octanol–water partition coefficient (Wildman–Crippen LogP) is 2.66. The maximum atomic E-state index is 12.8. The third-order valence-electron chi connectivity index (χ3n) is 2.65. The van der Waals surface area contributed by atoms with Gasteiger partial charge in [-0.05, 0) is 24.6 Å². The van der Waals surface area contributed by atoms with Gasteiger partial charge in [0.15, 0.2) is 5.82 Å². The summed E-state index contributed by atoms with van der Waals surface area (Å²) in [4.78, 5) is 8.14. The van der Waals surface area contributed by atoms with E-state index in [0.717, 1.165) is 16.8 Å². The Kier molecular flexibility index (Phi) is 3.89. The minimum absolute atomic E-state index is 0.239. The number of aliphatic hydroxyl groups is 1. The second kappa shape index (κ2) is 5.42. The summed E-state index contributed by atoms with van der Waals surface area (Å²) in [5.41, 5.74) is 2.45. The molecule has 0 amide bonds. The highest BCUT2D eigenvalue weighted by Crippen LogP contribution is 2.20. The molecule has 3 nitrogen and oxygen atoms in total. The van der Waals surface area contributed by atoms with Crippen LogP contribution in [0, 0.1) is 12.7 Å². The van der Waals surface area contributed by atoms with Crippen molar-refractivity contribution in [1.82, 2.24) is 9.97 Å². The van der Waals surface area contributed by atoms with Crippen molar-refractivity contribution >= 4 is 11.6 Å². The topological polar surface area (TPSA) is 46.0 Å². The number of aliphatic hydroxyl groups excluding tert-OH is 1. The van der Waals surface area contributed by atoms with Crippen molar-refractivity contribution in [3.05, 3.63) is 57.9 Å². The van der Waals surface area contributed by atoms with E-state index in [0.29, 0.717) is 17.4 Å². The van der Waals surface area contributed by atoms with Gasteiger partial charge in [0, 0.05) is 17.7 Å². The van der Waals surface area contributed by atoms with E-state index in [-0.39, 0.29) is 12.4 Å². The standard InChI is InChI=1S/C13H12ClFN2O/c1-8-11(13(14)17-12(7-18)16-8)6-9-2-4-10(15)5-3-9/h2-5,18H,6-7H2,1H3. The Hall–Kier alpha value is -1.52. The van der Waals surface area contributed by atoms with E-state index in [1.807, 2.05) is 6.92 Å². The van der Waals surface area contributed by atoms with Crippen LogP contribution >= 0.6 is 11.6 Å². The van der Waals surface area contributed by atoms with Gasteiger partial charge >= 0.3 is 0 Å². The van der Waals surface area contributed by atoms with Crippen molar-refractivity contribution in [1.29, 1.82) is 0 Å². The van der Waals surface area contributed by atoms with E-state index in [9.17, 15) is 4.39 Å². The van der Waals surface area contributed by atoms with Gasteiger partial charge in [0.25, 0.3) is 0 Å². The molecular weight excluding hydrogens is 255 g/mol. The average Bonchev–Trinajstić information content (AvgIpc) is 2.35. The number of aryl methyl sites for hydroxylation is 1. The van der Waals surface area contributed by atoms with Crippen molar-refractivity contribution in [3.63, 3.8) is 0 Å². The van der Waals surface area contributed by atoms with Gasteiger partial charge in [0.05, 0.1) is 0 Å². The molecule has 5 heteroatoms. The highest BCUT2D eigenvalue weighted by atomic mass is 35.5. The van der Waals surface area contributed by atoms with Gasteiger partial charge < -0.3 is 5.11 Å². The molecule has 2 aromatic rings. The monoisotopic (exact) mass is 266 g/mol. The van der Waals surface area contributed by atoms with Crippen LogP contribution in [0.25, 0.3) is 0 Å². The number of nitrogens with zero attached hydrogens (tertiary/aromatic N) is 2. The van der Waals surface area contributed by atoms with Crippen LogP contribution in [-0.2, 0) is 13.0 Å². The third kappa shape index (κ3) is 2.83. The summed E-state index contributed by atoms with van der Waals surface area (Å²) < 4.78 is 12.8. The van der Waals surface area contributed by atoms with Gasteiger partial charge in [0.1, 0.15) is 17.6 Å². The first-order valence-corrected chi connectivity index (χ1v) is 5.85. The zero-order valence-corrected chi connectivity index (χ0v) is 10.6. The fraction of sp³-hybridized carbons (Fsp3) is 0.231. The van der Waals surface area contributed by atoms with Crippen LogP contribution in [0.3, 0.4) is 0 Å². The molecule has 94 valence electrons. The normalized spacial score (nSPS) is 10.7. The molecule has 0 aliphatic carbocycles. The van der Waals surface area contributed by atoms with Gasteiger partial charge in [-0.3, -0.25) is 0 Å². The van der Waals surface area contributed by atoms with Crippen LogP contribution in [0.1, 0.15) is 22.6 Å². The first-order chi connectivity index (χ1) is 8.60. The number of halogens is 2. The molecule has 2 rings (SSSR count). The predicted molar refractivity (Wildman–Crippen MR) is 66.9 cm³/mol. The van der Waals surface area contributed by atoms with E-state index in [1.54, 1.807) is 12.1 Å². The Morgan fingerprint density at radius 3 is 2.44 bits per heavy atom. The van der Waals surface area contributed by atoms with Crippen LogP contribution in [0.5, 0.6) is 0 Å². The van der Waals surface area contributed by atoms with E-state index in [1.165, 1.54) is 12.1 Å². The SMILES string of the molecule is Cc1nc(CO)nc(Cl)c1Cc1ccc(F)cc1. The molecule has 0 radical (unpaired) electrons. The van der Waals surface area contributed by atoms with Gasteiger partial charge in [0.2, 0.25) is 0 Å². The molecule has 1 aromatic carbocycles. The Labute approximate surface area is 109 Å². The Bertz CT molecular complexity index is 534. The number of hydrogen-bond donors (Lipinski definition) is 1. The molecule has 0 saturated carbocycles. The second-order valence-electron chi connectivity index (χ2n) is 3.96. The molecule has 1 aromatic heterocycles. The lowest BCUT2D eigenvalue weighted by molar-refractivity contribution is 0.271. The highest BCUT2D eigenvalue weighted by Gasteiger charge is 2.10. The van der Waals surface area contributed by atoms with E-state index < -0.39 is 0 Å². The minimum Gasteiger partial charge on any atom is -0.388 e. The molecule has 0 aliphatic rings. The number of rotatable bonds is 3. The summed E-state index contributed by atoms with van der Waals surface area (Å²) in [7, 11) is 0. The van der Waals surface area contributed by atoms with Crippen LogP contribution < -0.4 is 0 Å². The summed E-state index contributed by atoms with van der Waals surface area (Å²) in [6, 6.07) is 6.21. The minimum atomic E-state index is -0.270. The molecule has 18 heavy (non-hydrogen) atoms. The fourth-order valence-corrected chi connectivity index (χ4v) is 2.00. The molecule has 1 N–H and O–H groups in total. The molecule has 0 saturated heterocycles. The van der Waals surface area contributed by atoms with Crippen LogP contribution in [0.2, 0.25) is 5.15 Å². The van der Waals surface area contributed by atoms with Crippen molar-refractivity contribution in [2.75, 3.05) is 0 Å². The molecule has 0 spiro atoms. The van der Waals surface area contributed by atoms with E-state index in [4.69, 9.17) is 16.7 Å². The Morgan fingerprint density at radius 2 is 1.89 bits per heavy atom. The summed E-state index contributed by atoms with van der Waals surface area (Å²) >= 11 is 6.06. The Balaban J connectivity index is 2.31. The highest BCUT2D eigenvalue weighted by molar-refractivity contribution is 6.30. The van der Waals surface area contributed by atoms with Crippen molar-refractivity contribution in [3.8, 4) is 0 Å². The zero-order valence-electron chi connectivity index (χ0n) is 9.82. The maximum absolute atomic E-state index is 12.8. The molecular formula is C13H12ClFN2O. The average molecular weight is 267 g/mol. The quantitative estimate of drug-likeness (QED) is 0.869. The summed E-state index contributed by atoms with van der Waals surface area (Å²) in [6.07, 6.45) is 0.538. The fourth-order valence-electron chi connectivity index (χ4n) is 1.69.